The van der Waals surface area contributed by atoms with Crippen LogP contribution in [-0.4, -0.2) is 53.2 Å². The maximum atomic E-state index is 12.5. The molecule has 3 rings (SSSR count). The van der Waals surface area contributed by atoms with E-state index in [2.05, 4.69) is 15.5 Å². The molecule has 1 aliphatic heterocycles. The van der Waals surface area contributed by atoms with Gasteiger partial charge >= 0.3 is 0 Å². The summed E-state index contributed by atoms with van der Waals surface area (Å²) >= 11 is 1.35. The van der Waals surface area contributed by atoms with Crippen molar-refractivity contribution in [2.45, 2.75) is 39.5 Å². The Morgan fingerprint density at radius 2 is 1.90 bits per heavy atom. The van der Waals surface area contributed by atoms with Gasteiger partial charge in [0.1, 0.15) is 5.01 Å². The Morgan fingerprint density at radius 3 is 2.59 bits per heavy atom. The summed E-state index contributed by atoms with van der Waals surface area (Å²) in [5.74, 6) is 0.536. The van der Waals surface area contributed by atoms with Crippen molar-refractivity contribution >= 4 is 28.3 Å². The first-order valence-electron chi connectivity index (χ1n) is 9.91. The second-order valence-electron chi connectivity index (χ2n) is 6.63. The van der Waals surface area contributed by atoms with E-state index in [1.807, 2.05) is 18.7 Å². The lowest BCUT2D eigenvalue weighted by Gasteiger charge is -2.26. The van der Waals surface area contributed by atoms with E-state index >= 15 is 0 Å². The first-order chi connectivity index (χ1) is 14.1. The van der Waals surface area contributed by atoms with Gasteiger partial charge < -0.3 is 14.4 Å². The number of aromatic nitrogens is 2. The lowest BCUT2D eigenvalue weighted by atomic mass is 10.1. The number of nitrogens with zero attached hydrogens (tertiary/aromatic N) is 3. The van der Waals surface area contributed by atoms with E-state index in [0.717, 1.165) is 37.4 Å². The van der Waals surface area contributed by atoms with Crippen molar-refractivity contribution in [2.75, 3.05) is 31.6 Å². The largest absolute Gasteiger partial charge is 0.490 e. The number of aryl methyl sites for hydroxylation is 1. The molecule has 2 heterocycles. The third-order valence-electron chi connectivity index (χ3n) is 4.56. The molecule has 1 aliphatic rings. The zero-order valence-electron chi connectivity index (χ0n) is 16.8. The van der Waals surface area contributed by atoms with Crippen LogP contribution in [-0.2, 0) is 11.2 Å². The monoisotopic (exact) mass is 418 g/mol. The number of rotatable bonds is 8. The van der Waals surface area contributed by atoms with Gasteiger partial charge in [0.25, 0.3) is 11.8 Å². The summed E-state index contributed by atoms with van der Waals surface area (Å²) in [6.07, 6.45) is 4.01. The van der Waals surface area contributed by atoms with E-state index in [-0.39, 0.29) is 18.4 Å². The first-order valence-corrected chi connectivity index (χ1v) is 10.7. The summed E-state index contributed by atoms with van der Waals surface area (Å²) in [7, 11) is 0. The normalized spacial score (nSPS) is 13.8. The molecule has 0 saturated carbocycles. The highest BCUT2D eigenvalue weighted by Crippen LogP contribution is 2.29. The SMILES string of the molecule is CCOc1cc(C(=O)Nc2nnc(CC)s2)ccc1OCC(=O)N1CCCCC1. The number of anilines is 1. The Labute approximate surface area is 174 Å². The highest BCUT2D eigenvalue weighted by molar-refractivity contribution is 7.15. The molecule has 0 aliphatic carbocycles. The van der Waals surface area contributed by atoms with Crippen molar-refractivity contribution in [2.24, 2.45) is 0 Å². The number of amides is 2. The molecule has 0 bridgehead atoms. The van der Waals surface area contributed by atoms with Crippen LogP contribution in [0, 0.1) is 0 Å². The number of hydrogen-bond donors (Lipinski definition) is 1. The molecular formula is C20H26N4O4S. The third-order valence-corrected chi connectivity index (χ3v) is 5.54. The molecule has 156 valence electrons. The van der Waals surface area contributed by atoms with Gasteiger partial charge in [-0.15, -0.1) is 10.2 Å². The van der Waals surface area contributed by atoms with Crippen LogP contribution in [0.5, 0.6) is 11.5 Å². The summed E-state index contributed by atoms with van der Waals surface area (Å²) in [6, 6.07) is 4.91. The Bertz CT molecular complexity index is 849. The fourth-order valence-corrected chi connectivity index (χ4v) is 3.70. The lowest BCUT2D eigenvalue weighted by Crippen LogP contribution is -2.38. The highest BCUT2D eigenvalue weighted by Gasteiger charge is 2.19. The summed E-state index contributed by atoms with van der Waals surface area (Å²) in [6.45, 7) is 5.77. The Balaban J connectivity index is 1.65. The number of piperidine rings is 1. The van der Waals surface area contributed by atoms with Crippen LogP contribution >= 0.6 is 11.3 Å². The first kappa shape index (κ1) is 21.0. The zero-order chi connectivity index (χ0) is 20.6. The van der Waals surface area contributed by atoms with E-state index in [4.69, 9.17) is 9.47 Å². The number of likely N-dealkylation sites (tertiary alicyclic amines) is 1. The summed E-state index contributed by atoms with van der Waals surface area (Å²) in [5.41, 5.74) is 0.413. The third kappa shape index (κ3) is 5.66. The molecule has 1 saturated heterocycles. The molecule has 1 aromatic heterocycles. The van der Waals surface area contributed by atoms with Crippen LogP contribution in [0.25, 0.3) is 0 Å². The number of nitrogens with one attached hydrogen (secondary N) is 1. The van der Waals surface area contributed by atoms with Gasteiger partial charge in [0.05, 0.1) is 6.61 Å². The quantitative estimate of drug-likeness (QED) is 0.708. The number of carbonyl (C=O) groups is 2. The molecule has 1 aromatic carbocycles. The van der Waals surface area contributed by atoms with Gasteiger partial charge in [-0.05, 0) is 50.8 Å². The molecule has 2 aromatic rings. The topological polar surface area (TPSA) is 93.6 Å². The predicted molar refractivity (Wildman–Crippen MR) is 111 cm³/mol. The van der Waals surface area contributed by atoms with Gasteiger partial charge in [-0.3, -0.25) is 14.9 Å². The molecule has 1 fully saturated rings. The minimum absolute atomic E-state index is 0.0306. The van der Waals surface area contributed by atoms with Crippen molar-refractivity contribution < 1.29 is 19.1 Å². The maximum absolute atomic E-state index is 12.5. The summed E-state index contributed by atoms with van der Waals surface area (Å²) in [4.78, 5) is 26.7. The van der Waals surface area contributed by atoms with Crippen LogP contribution in [0.15, 0.2) is 18.2 Å². The number of hydrogen-bond acceptors (Lipinski definition) is 7. The Morgan fingerprint density at radius 1 is 1.10 bits per heavy atom. The number of benzene rings is 1. The second-order valence-corrected chi connectivity index (χ2v) is 7.70. The van der Waals surface area contributed by atoms with Gasteiger partial charge in [-0.2, -0.15) is 0 Å². The van der Waals surface area contributed by atoms with Crippen molar-refractivity contribution in [3.05, 3.63) is 28.8 Å². The minimum Gasteiger partial charge on any atom is -0.490 e. The Hall–Kier alpha value is -2.68. The maximum Gasteiger partial charge on any atom is 0.260 e. The fraction of sp³-hybridized carbons (Fsp3) is 0.500. The van der Waals surface area contributed by atoms with Gasteiger partial charge in [-0.25, -0.2) is 0 Å². The lowest BCUT2D eigenvalue weighted by molar-refractivity contribution is -0.134. The van der Waals surface area contributed by atoms with Crippen LogP contribution in [0.1, 0.15) is 48.5 Å². The predicted octanol–water partition coefficient (Wildman–Crippen LogP) is 3.14. The van der Waals surface area contributed by atoms with Crippen molar-refractivity contribution in [3.63, 3.8) is 0 Å². The average molecular weight is 419 g/mol. The van der Waals surface area contributed by atoms with Crippen LogP contribution in [0.2, 0.25) is 0 Å². The van der Waals surface area contributed by atoms with Crippen LogP contribution < -0.4 is 14.8 Å². The van der Waals surface area contributed by atoms with E-state index in [1.54, 1.807) is 18.2 Å². The highest BCUT2D eigenvalue weighted by atomic mass is 32.1. The molecule has 0 unspecified atom stereocenters. The summed E-state index contributed by atoms with van der Waals surface area (Å²) < 4.78 is 11.3. The molecule has 0 radical (unpaired) electrons. The van der Waals surface area contributed by atoms with Gasteiger partial charge in [-0.1, -0.05) is 18.3 Å². The number of ether oxygens (including phenoxy) is 2. The average Bonchev–Trinajstić information content (AvgIpc) is 3.21. The van der Waals surface area contributed by atoms with Crippen molar-refractivity contribution in [1.82, 2.24) is 15.1 Å². The van der Waals surface area contributed by atoms with E-state index < -0.39 is 0 Å². The minimum atomic E-state index is -0.305. The van der Waals surface area contributed by atoms with E-state index in [9.17, 15) is 9.59 Å². The van der Waals surface area contributed by atoms with Crippen molar-refractivity contribution in [1.29, 1.82) is 0 Å². The molecular weight excluding hydrogens is 392 g/mol. The molecule has 0 spiro atoms. The van der Waals surface area contributed by atoms with Crippen molar-refractivity contribution in [3.8, 4) is 11.5 Å². The van der Waals surface area contributed by atoms with Crippen LogP contribution in [0.4, 0.5) is 5.13 Å². The molecule has 9 heteroatoms. The molecule has 29 heavy (non-hydrogen) atoms. The number of carbonyl (C=O) groups excluding carboxylic acids is 2. The zero-order valence-corrected chi connectivity index (χ0v) is 17.6. The fourth-order valence-electron chi connectivity index (χ4n) is 3.03. The second kappa shape index (κ2) is 10.2. The molecule has 0 atom stereocenters. The van der Waals surface area contributed by atoms with Crippen LogP contribution in [0.3, 0.4) is 0 Å². The van der Waals surface area contributed by atoms with Gasteiger partial charge in [0, 0.05) is 18.7 Å². The molecule has 2 amide bonds. The standard InChI is InChI=1S/C20H26N4O4S/c1-3-17-22-23-20(29-17)21-19(26)14-8-9-15(16(12-14)27-4-2)28-13-18(25)24-10-6-5-7-11-24/h8-9,12H,3-7,10-11,13H2,1-2H3,(H,21,23,26). The van der Waals surface area contributed by atoms with E-state index in [1.165, 1.54) is 17.8 Å². The molecule has 8 nitrogen and oxygen atoms in total. The Kier molecular flexibility index (Phi) is 7.40. The summed E-state index contributed by atoms with van der Waals surface area (Å²) in [5, 5.41) is 12.0. The van der Waals surface area contributed by atoms with Gasteiger partial charge in [0.15, 0.2) is 18.1 Å². The molecule has 1 N–H and O–H groups in total. The van der Waals surface area contributed by atoms with Gasteiger partial charge in [0.2, 0.25) is 5.13 Å². The smallest absolute Gasteiger partial charge is 0.260 e. The van der Waals surface area contributed by atoms with E-state index in [0.29, 0.717) is 28.8 Å².